The summed E-state index contributed by atoms with van der Waals surface area (Å²) in [6.45, 7) is 9.72. The van der Waals surface area contributed by atoms with E-state index in [9.17, 15) is 14.4 Å². The molecular weight excluding hydrogens is 446 g/mol. The van der Waals surface area contributed by atoms with Gasteiger partial charge in [0.15, 0.2) is 11.5 Å². The van der Waals surface area contributed by atoms with E-state index in [2.05, 4.69) is 20.3 Å². The first kappa shape index (κ1) is 24.1. The standard InChI is InChI=1S/C26H29N5O4/c1-15-11-19-20(12-16(15)2)31(22-21(27-19)23(32)29-24(33)28-22)14-18(13-17-9-7-6-8-10-17)35-25(34)30-26(3,4)5/h6-12,18H,13-14H2,1-5H3,(H,30,34)(H,29,32,33). The Balaban J connectivity index is 1.85. The number of hydrogen-bond acceptors (Lipinski definition) is 6. The van der Waals surface area contributed by atoms with Crippen molar-refractivity contribution in [3.63, 3.8) is 0 Å². The monoisotopic (exact) mass is 475 g/mol. The van der Waals surface area contributed by atoms with Crippen LogP contribution in [0.2, 0.25) is 0 Å². The summed E-state index contributed by atoms with van der Waals surface area (Å²) in [5.41, 5.74) is 2.50. The van der Waals surface area contributed by atoms with Gasteiger partial charge in [-0.3, -0.25) is 9.78 Å². The van der Waals surface area contributed by atoms with Crippen molar-refractivity contribution in [2.75, 3.05) is 0 Å². The second-order valence-electron chi connectivity index (χ2n) is 9.78. The number of rotatable bonds is 5. The van der Waals surface area contributed by atoms with Crippen molar-refractivity contribution >= 4 is 17.1 Å². The molecule has 35 heavy (non-hydrogen) atoms. The molecule has 182 valence electrons. The molecule has 2 N–H and O–H groups in total. The van der Waals surface area contributed by atoms with E-state index in [1.165, 1.54) is 0 Å². The molecule has 9 heteroatoms. The maximum absolute atomic E-state index is 12.7. The van der Waals surface area contributed by atoms with Crippen LogP contribution in [0.1, 0.15) is 37.5 Å². The Labute approximate surface area is 202 Å². The number of aryl methyl sites for hydroxylation is 2. The number of ether oxygens (including phenoxy) is 1. The van der Waals surface area contributed by atoms with Gasteiger partial charge in [-0.05, 0) is 63.4 Å². The summed E-state index contributed by atoms with van der Waals surface area (Å²) in [6, 6.07) is 13.5. The number of carbonyl (C=O) groups is 1. The van der Waals surface area contributed by atoms with Gasteiger partial charge in [0.25, 0.3) is 5.56 Å². The van der Waals surface area contributed by atoms with E-state index < -0.39 is 29.0 Å². The summed E-state index contributed by atoms with van der Waals surface area (Å²) >= 11 is 0. The first-order valence-electron chi connectivity index (χ1n) is 11.4. The number of fused-ring (bicyclic) bond motifs is 2. The molecule has 0 spiro atoms. The molecule has 0 saturated heterocycles. The molecule has 0 saturated carbocycles. The van der Waals surface area contributed by atoms with Crippen LogP contribution in [-0.4, -0.2) is 37.3 Å². The van der Waals surface area contributed by atoms with Gasteiger partial charge in [-0.15, -0.1) is 0 Å². The van der Waals surface area contributed by atoms with E-state index in [1.54, 1.807) is 4.57 Å². The third kappa shape index (κ3) is 5.56. The second kappa shape index (κ2) is 9.32. The zero-order valence-corrected chi connectivity index (χ0v) is 20.5. The minimum atomic E-state index is -0.757. The van der Waals surface area contributed by atoms with Gasteiger partial charge in [0.1, 0.15) is 6.10 Å². The Kier molecular flexibility index (Phi) is 6.43. The summed E-state index contributed by atoms with van der Waals surface area (Å²) in [6.07, 6.45) is -0.741. The fraction of sp³-hybridized carbons (Fsp3) is 0.346. The molecule has 0 bridgehead atoms. The lowest BCUT2D eigenvalue weighted by atomic mass is 10.1. The van der Waals surface area contributed by atoms with Crippen molar-refractivity contribution in [1.29, 1.82) is 0 Å². The van der Waals surface area contributed by atoms with E-state index in [4.69, 9.17) is 4.74 Å². The van der Waals surface area contributed by atoms with E-state index >= 15 is 0 Å². The first-order chi connectivity index (χ1) is 16.5. The lowest BCUT2D eigenvalue weighted by Gasteiger charge is -2.26. The van der Waals surface area contributed by atoms with Crippen LogP contribution in [-0.2, 0) is 17.7 Å². The van der Waals surface area contributed by atoms with Gasteiger partial charge in [0.05, 0.1) is 17.6 Å². The lowest BCUT2D eigenvalue weighted by Crippen LogP contribution is -2.43. The van der Waals surface area contributed by atoms with Crippen LogP contribution in [0.4, 0.5) is 4.79 Å². The van der Waals surface area contributed by atoms with Crippen molar-refractivity contribution in [3.05, 3.63) is 80.0 Å². The number of amides is 1. The number of hydrogen-bond donors (Lipinski definition) is 2. The zero-order valence-electron chi connectivity index (χ0n) is 20.5. The third-order valence-corrected chi connectivity index (χ3v) is 5.67. The number of aromatic nitrogens is 4. The summed E-state index contributed by atoms with van der Waals surface area (Å²) < 4.78 is 7.61. The molecule has 4 rings (SSSR count). The van der Waals surface area contributed by atoms with Crippen molar-refractivity contribution in [2.24, 2.45) is 0 Å². The summed E-state index contributed by atoms with van der Waals surface area (Å²) in [5, 5.41) is 2.83. The molecule has 0 radical (unpaired) electrons. The highest BCUT2D eigenvalue weighted by Crippen LogP contribution is 2.25. The molecule has 1 atom stereocenters. The third-order valence-electron chi connectivity index (χ3n) is 5.67. The zero-order chi connectivity index (χ0) is 25.3. The van der Waals surface area contributed by atoms with Crippen LogP contribution in [0.5, 0.6) is 0 Å². The predicted octanol–water partition coefficient (Wildman–Crippen LogP) is 3.34. The number of nitrogens with zero attached hydrogens (tertiary/aromatic N) is 3. The SMILES string of the molecule is Cc1cc2nc3c(=O)[nH]c(=O)nc-3n(CC(Cc3ccccc3)OC(=O)NC(C)(C)C)c2cc1C. The molecule has 1 amide bonds. The van der Waals surface area contributed by atoms with E-state index in [1.807, 2.05) is 77.1 Å². The summed E-state index contributed by atoms with van der Waals surface area (Å²) in [4.78, 5) is 48.2. The molecule has 2 aliphatic rings. The van der Waals surface area contributed by atoms with Gasteiger partial charge in [-0.25, -0.2) is 14.6 Å². The number of alkyl carbamates (subject to hydrolysis) is 1. The van der Waals surface area contributed by atoms with Crippen LogP contribution in [0, 0.1) is 13.8 Å². The highest BCUT2D eigenvalue weighted by Gasteiger charge is 2.25. The average molecular weight is 476 g/mol. The van der Waals surface area contributed by atoms with Gasteiger partial charge in [-0.2, -0.15) is 4.98 Å². The Morgan fingerprint density at radius 3 is 2.46 bits per heavy atom. The first-order valence-corrected chi connectivity index (χ1v) is 11.4. The second-order valence-corrected chi connectivity index (χ2v) is 9.78. The Hall–Kier alpha value is -4.01. The number of H-pyrrole nitrogens is 1. The van der Waals surface area contributed by atoms with Gasteiger partial charge in [0.2, 0.25) is 0 Å². The van der Waals surface area contributed by atoms with Crippen LogP contribution in [0.25, 0.3) is 22.6 Å². The topological polar surface area (TPSA) is 119 Å². The molecule has 2 aromatic rings. The van der Waals surface area contributed by atoms with Gasteiger partial charge < -0.3 is 14.6 Å². The smallest absolute Gasteiger partial charge is 0.407 e. The Bertz CT molecular complexity index is 1470. The fourth-order valence-electron chi connectivity index (χ4n) is 3.95. The normalized spacial score (nSPS) is 12.6. The average Bonchev–Trinajstić information content (AvgIpc) is 2.75. The Morgan fingerprint density at radius 1 is 1.09 bits per heavy atom. The summed E-state index contributed by atoms with van der Waals surface area (Å²) in [5.74, 6) is 0.146. The molecule has 0 aliphatic carbocycles. The fourth-order valence-corrected chi connectivity index (χ4v) is 3.95. The Morgan fingerprint density at radius 2 is 1.77 bits per heavy atom. The largest absolute Gasteiger partial charge is 0.444 e. The minimum Gasteiger partial charge on any atom is -0.444 e. The molecule has 0 aromatic heterocycles. The number of carbonyl (C=O) groups excluding carboxylic acids is 1. The molecule has 0 fully saturated rings. The van der Waals surface area contributed by atoms with Crippen molar-refractivity contribution in [2.45, 2.75) is 59.2 Å². The molecule has 1 unspecified atom stereocenters. The van der Waals surface area contributed by atoms with Crippen LogP contribution >= 0.6 is 0 Å². The van der Waals surface area contributed by atoms with Gasteiger partial charge >= 0.3 is 11.8 Å². The van der Waals surface area contributed by atoms with Crippen molar-refractivity contribution in [3.8, 4) is 11.5 Å². The van der Waals surface area contributed by atoms with Crippen LogP contribution in [0.3, 0.4) is 0 Å². The number of benzene rings is 2. The van der Waals surface area contributed by atoms with E-state index in [-0.39, 0.29) is 18.1 Å². The highest BCUT2D eigenvalue weighted by molar-refractivity contribution is 5.81. The van der Waals surface area contributed by atoms with Gasteiger partial charge in [-0.1, -0.05) is 30.3 Å². The predicted molar refractivity (Wildman–Crippen MR) is 134 cm³/mol. The number of aromatic amines is 1. The van der Waals surface area contributed by atoms with Crippen molar-refractivity contribution in [1.82, 2.24) is 24.8 Å². The maximum Gasteiger partial charge on any atom is 0.407 e. The summed E-state index contributed by atoms with van der Waals surface area (Å²) in [7, 11) is 0. The van der Waals surface area contributed by atoms with Crippen molar-refractivity contribution < 1.29 is 9.53 Å². The number of nitrogens with one attached hydrogen (secondary N) is 2. The maximum atomic E-state index is 12.7. The quantitative estimate of drug-likeness (QED) is 0.427. The lowest BCUT2D eigenvalue weighted by molar-refractivity contribution is 0.0823. The van der Waals surface area contributed by atoms with E-state index in [0.29, 0.717) is 17.5 Å². The molecule has 2 heterocycles. The van der Waals surface area contributed by atoms with Crippen LogP contribution < -0.4 is 16.6 Å². The van der Waals surface area contributed by atoms with Gasteiger partial charge in [0, 0.05) is 12.0 Å². The minimum absolute atomic E-state index is 0.0537. The van der Waals surface area contributed by atoms with Crippen LogP contribution in [0.15, 0.2) is 52.1 Å². The molecule has 2 aromatic carbocycles. The highest BCUT2D eigenvalue weighted by atomic mass is 16.6. The molecule has 9 nitrogen and oxygen atoms in total. The molecular formula is C26H29N5O4. The molecule has 2 aliphatic heterocycles. The van der Waals surface area contributed by atoms with E-state index in [0.717, 1.165) is 16.7 Å².